The topological polar surface area (TPSA) is 101 Å². The molecule has 2 aromatic carbocycles. The number of aromatic nitrogens is 1. The van der Waals surface area contributed by atoms with Gasteiger partial charge in [0, 0.05) is 29.5 Å². The normalized spacial score (nSPS) is 12.5. The van der Waals surface area contributed by atoms with Crippen LogP contribution >= 0.6 is 34.8 Å². The van der Waals surface area contributed by atoms with Gasteiger partial charge in [0.05, 0.1) is 18.3 Å². The van der Waals surface area contributed by atoms with Crippen molar-refractivity contribution in [2.45, 2.75) is 36.6 Å². The average Bonchev–Trinajstić information content (AvgIpc) is 2.94. The Morgan fingerprint density at radius 2 is 1.71 bits per heavy atom. The number of rotatable bonds is 11. The first-order valence-electron chi connectivity index (χ1n) is 12.6. The molecule has 11 heteroatoms. The molecule has 0 bridgehead atoms. The number of nitrogens with zero attached hydrogens (tertiary/aromatic N) is 2. The van der Waals surface area contributed by atoms with Gasteiger partial charge in [0.25, 0.3) is 0 Å². The second kappa shape index (κ2) is 13.9. The fourth-order valence-electron chi connectivity index (χ4n) is 3.93. The average molecular weight is 618 g/mol. The van der Waals surface area contributed by atoms with E-state index in [9.17, 15) is 14.4 Å². The zero-order valence-electron chi connectivity index (χ0n) is 22.9. The fourth-order valence-corrected chi connectivity index (χ4v) is 4.26. The Morgan fingerprint density at radius 3 is 2.37 bits per heavy atom. The minimum Gasteiger partial charge on any atom is -0.469 e. The zero-order chi connectivity index (χ0) is 30.2. The number of ether oxygens (including phenoxy) is 1. The molecule has 0 aliphatic rings. The van der Waals surface area contributed by atoms with E-state index in [1.165, 1.54) is 18.1 Å². The number of fused-ring (bicyclic) bond motifs is 1. The predicted molar refractivity (Wildman–Crippen MR) is 164 cm³/mol. The van der Waals surface area contributed by atoms with Gasteiger partial charge >= 0.3 is 5.97 Å². The molecule has 1 aromatic heterocycles. The molecule has 0 aliphatic heterocycles. The van der Waals surface area contributed by atoms with Gasteiger partial charge in [-0.2, -0.15) is 0 Å². The van der Waals surface area contributed by atoms with Crippen LogP contribution in [0.2, 0.25) is 0 Å². The summed E-state index contributed by atoms with van der Waals surface area (Å²) in [6, 6.07) is 18.2. The van der Waals surface area contributed by atoms with Crippen LogP contribution in [0.1, 0.15) is 32.3 Å². The number of hydrogen-bond acceptors (Lipinski definition) is 6. The third kappa shape index (κ3) is 8.70. The second-order valence-corrected chi connectivity index (χ2v) is 12.1. The molecule has 2 amide bonds. The number of benzene rings is 2. The largest absolute Gasteiger partial charge is 0.469 e. The SMILES string of the molecule is C=C(NC(NC(=O)/C=C/c1ccccc1)C(Cl)(Cl)Cl)N(C(=O)C(C)(C)CCC(=O)OC)c1cccc2cccnc12. The number of carbonyl (C=O) groups is 3. The van der Waals surface area contributed by atoms with Crippen LogP contribution in [0, 0.1) is 5.41 Å². The Balaban J connectivity index is 1.96. The van der Waals surface area contributed by atoms with E-state index in [2.05, 4.69) is 22.2 Å². The number of halogens is 3. The molecule has 0 saturated heterocycles. The van der Waals surface area contributed by atoms with Crippen LogP contribution in [0.5, 0.6) is 0 Å². The van der Waals surface area contributed by atoms with E-state index in [0.717, 1.165) is 10.9 Å². The van der Waals surface area contributed by atoms with Crippen LogP contribution in [0.3, 0.4) is 0 Å². The molecule has 1 atom stereocenters. The molecule has 2 N–H and O–H groups in total. The quantitative estimate of drug-likeness (QED) is 0.116. The van der Waals surface area contributed by atoms with Gasteiger partial charge in [0.1, 0.15) is 12.0 Å². The van der Waals surface area contributed by atoms with Gasteiger partial charge in [0.2, 0.25) is 15.6 Å². The number of nitrogens with one attached hydrogen (secondary N) is 2. The number of carbonyl (C=O) groups excluding carboxylic acids is 3. The lowest BCUT2D eigenvalue weighted by atomic mass is 9.85. The molecule has 0 aliphatic carbocycles. The Labute approximate surface area is 254 Å². The highest BCUT2D eigenvalue weighted by molar-refractivity contribution is 6.68. The fraction of sp³-hybridized carbons (Fsp3) is 0.267. The molecule has 1 heterocycles. The van der Waals surface area contributed by atoms with Crippen molar-refractivity contribution < 1.29 is 19.1 Å². The number of para-hydroxylation sites is 1. The molecule has 8 nitrogen and oxygen atoms in total. The van der Waals surface area contributed by atoms with Crippen LogP contribution in [0.4, 0.5) is 5.69 Å². The van der Waals surface area contributed by atoms with Crippen molar-refractivity contribution >= 4 is 75.3 Å². The van der Waals surface area contributed by atoms with E-state index < -0.39 is 33.2 Å². The van der Waals surface area contributed by atoms with Crippen molar-refractivity contribution in [2.75, 3.05) is 12.0 Å². The van der Waals surface area contributed by atoms with E-state index in [4.69, 9.17) is 39.5 Å². The summed E-state index contributed by atoms with van der Waals surface area (Å²) in [5, 5.41) is 6.30. The zero-order valence-corrected chi connectivity index (χ0v) is 25.1. The Kier molecular flexibility index (Phi) is 10.8. The minimum atomic E-state index is -2.04. The molecular weight excluding hydrogens is 587 g/mol. The van der Waals surface area contributed by atoms with Crippen LogP contribution in [-0.2, 0) is 19.1 Å². The minimum absolute atomic E-state index is 0.0166. The molecule has 0 spiro atoms. The molecule has 0 saturated carbocycles. The Bertz CT molecular complexity index is 1430. The maximum absolute atomic E-state index is 14.1. The maximum atomic E-state index is 14.1. The number of amides is 2. The van der Waals surface area contributed by atoms with Gasteiger partial charge in [0.15, 0.2) is 0 Å². The molecule has 0 fully saturated rings. The number of anilines is 1. The van der Waals surface area contributed by atoms with E-state index >= 15 is 0 Å². The lowest BCUT2D eigenvalue weighted by Gasteiger charge is -2.36. The number of methoxy groups -OCH3 is 1. The van der Waals surface area contributed by atoms with Crippen molar-refractivity contribution in [3.8, 4) is 0 Å². The van der Waals surface area contributed by atoms with Crippen LogP contribution in [-0.4, -0.2) is 39.8 Å². The van der Waals surface area contributed by atoms with Crippen molar-refractivity contribution in [1.29, 1.82) is 0 Å². The molecule has 41 heavy (non-hydrogen) atoms. The number of hydrogen-bond donors (Lipinski definition) is 2. The second-order valence-electron chi connectivity index (χ2n) is 9.77. The summed E-state index contributed by atoms with van der Waals surface area (Å²) in [4.78, 5) is 44.5. The first-order valence-corrected chi connectivity index (χ1v) is 13.8. The first kappa shape index (κ1) is 31.9. The van der Waals surface area contributed by atoms with Crippen LogP contribution in [0.25, 0.3) is 17.0 Å². The third-order valence-electron chi connectivity index (χ3n) is 6.24. The van der Waals surface area contributed by atoms with Crippen LogP contribution in [0.15, 0.2) is 85.3 Å². The third-order valence-corrected chi connectivity index (χ3v) is 6.89. The summed E-state index contributed by atoms with van der Waals surface area (Å²) in [5.74, 6) is -1.38. The van der Waals surface area contributed by atoms with E-state index in [0.29, 0.717) is 11.2 Å². The lowest BCUT2D eigenvalue weighted by Crippen LogP contribution is -2.56. The highest BCUT2D eigenvalue weighted by atomic mass is 35.6. The summed E-state index contributed by atoms with van der Waals surface area (Å²) in [7, 11) is 1.29. The summed E-state index contributed by atoms with van der Waals surface area (Å²) >= 11 is 18.7. The lowest BCUT2D eigenvalue weighted by molar-refractivity contribution is -0.141. The van der Waals surface area contributed by atoms with Crippen molar-refractivity contribution in [3.05, 3.63) is 90.9 Å². The van der Waals surface area contributed by atoms with E-state index in [1.807, 2.05) is 42.5 Å². The van der Waals surface area contributed by atoms with Crippen LogP contribution < -0.4 is 15.5 Å². The Hall–Kier alpha value is -3.59. The monoisotopic (exact) mass is 616 g/mol. The van der Waals surface area contributed by atoms with Gasteiger partial charge in [-0.3, -0.25) is 24.3 Å². The van der Waals surface area contributed by atoms with Gasteiger partial charge in [-0.05, 0) is 30.2 Å². The van der Waals surface area contributed by atoms with Gasteiger partial charge in [-0.15, -0.1) is 0 Å². The molecule has 3 aromatic rings. The summed E-state index contributed by atoms with van der Waals surface area (Å²) in [5.41, 5.74) is 0.692. The molecule has 216 valence electrons. The highest BCUT2D eigenvalue weighted by Crippen LogP contribution is 2.35. The summed E-state index contributed by atoms with van der Waals surface area (Å²) < 4.78 is 2.72. The number of alkyl halides is 3. The van der Waals surface area contributed by atoms with E-state index in [1.54, 1.807) is 44.3 Å². The maximum Gasteiger partial charge on any atom is 0.305 e. The van der Waals surface area contributed by atoms with Crippen molar-refractivity contribution in [2.24, 2.45) is 5.41 Å². The van der Waals surface area contributed by atoms with E-state index in [-0.39, 0.29) is 18.7 Å². The standard InChI is InChI=1S/C30H31Cl3N4O4/c1-20(35-27(30(31,32)33)36-24(38)16-15-21-10-6-5-7-11-21)37(28(40)29(2,3)18-17-25(39)41-4)23-14-8-12-22-13-9-19-34-26(22)23/h5-16,19,27,35H,1,17-18H2,2-4H3,(H,36,38)/b16-15+. The smallest absolute Gasteiger partial charge is 0.305 e. The predicted octanol–water partition coefficient (Wildman–Crippen LogP) is 6.13. The number of esters is 1. The molecule has 3 rings (SSSR count). The van der Waals surface area contributed by atoms with Crippen molar-refractivity contribution in [3.63, 3.8) is 0 Å². The summed E-state index contributed by atoms with van der Waals surface area (Å²) in [6.07, 6.45) is 3.45. The van der Waals surface area contributed by atoms with Gasteiger partial charge < -0.3 is 15.4 Å². The van der Waals surface area contributed by atoms with Crippen molar-refractivity contribution in [1.82, 2.24) is 15.6 Å². The number of pyridine rings is 1. The first-order chi connectivity index (χ1) is 19.3. The summed E-state index contributed by atoms with van der Waals surface area (Å²) in [6.45, 7) is 7.48. The molecule has 0 radical (unpaired) electrons. The molecular formula is C30H31Cl3N4O4. The Morgan fingerprint density at radius 1 is 1.02 bits per heavy atom. The highest BCUT2D eigenvalue weighted by Gasteiger charge is 2.39. The van der Waals surface area contributed by atoms with Gasteiger partial charge in [-0.1, -0.05) is 104 Å². The molecule has 1 unspecified atom stereocenters. The van der Waals surface area contributed by atoms with Gasteiger partial charge in [-0.25, -0.2) is 0 Å².